The van der Waals surface area contributed by atoms with Crippen molar-refractivity contribution in [3.05, 3.63) is 70.8 Å². The van der Waals surface area contributed by atoms with Crippen LogP contribution in [0.5, 0.6) is 0 Å². The van der Waals surface area contributed by atoms with Gasteiger partial charge in [-0.3, -0.25) is 0 Å². The molecule has 1 nitrogen and oxygen atoms in total. The Morgan fingerprint density at radius 2 is 1.63 bits per heavy atom. The number of benzene rings is 2. The first-order chi connectivity index (χ1) is 8.89. The molecule has 0 aliphatic rings. The first-order valence-corrected chi connectivity index (χ1v) is 6.81. The Kier molecular flexibility index (Phi) is 3.77. The number of hydrogen-bond acceptors (Lipinski definition) is 1. The van der Waals surface area contributed by atoms with Crippen LogP contribution in [0, 0.1) is 6.92 Å². The van der Waals surface area contributed by atoms with E-state index >= 15 is 0 Å². The molecule has 0 saturated heterocycles. The summed E-state index contributed by atoms with van der Waals surface area (Å²) in [7, 11) is 0. The van der Waals surface area contributed by atoms with E-state index < -0.39 is 0 Å². The molecule has 0 aliphatic heterocycles. The van der Waals surface area contributed by atoms with Crippen LogP contribution >= 0.6 is 0 Å². The minimum atomic E-state index is -0.0599. The molecule has 0 fully saturated rings. The van der Waals surface area contributed by atoms with Crippen molar-refractivity contribution in [3.63, 3.8) is 0 Å². The molecule has 0 aliphatic carbocycles. The second-order valence-electron chi connectivity index (χ2n) is 6.23. The lowest BCUT2D eigenvalue weighted by atomic mass is 9.80. The molecule has 2 N–H and O–H groups in total. The van der Waals surface area contributed by atoms with Crippen LogP contribution in [-0.2, 0) is 5.41 Å². The van der Waals surface area contributed by atoms with Gasteiger partial charge in [0, 0.05) is 0 Å². The van der Waals surface area contributed by atoms with E-state index in [0.29, 0.717) is 0 Å². The highest BCUT2D eigenvalue weighted by molar-refractivity contribution is 5.41. The molecule has 0 spiro atoms. The zero-order chi connectivity index (χ0) is 14.0. The van der Waals surface area contributed by atoms with Gasteiger partial charge in [-0.2, -0.15) is 0 Å². The van der Waals surface area contributed by atoms with Gasteiger partial charge in [0.2, 0.25) is 0 Å². The van der Waals surface area contributed by atoms with Crippen LogP contribution in [0.15, 0.2) is 48.5 Å². The predicted octanol–water partition coefficient (Wildman–Crippen LogP) is 4.34. The van der Waals surface area contributed by atoms with Crippen LogP contribution in [0.25, 0.3) is 0 Å². The standard InChI is InChI=1S/C18H23N/c1-13-8-7-9-14(12-13)17(19)15-10-5-6-11-16(15)18(2,3)4/h5-12,17H,19H2,1-4H3. The third-order valence-corrected chi connectivity index (χ3v) is 3.51. The van der Waals surface area contributed by atoms with Gasteiger partial charge < -0.3 is 5.73 Å². The molecule has 1 heteroatoms. The first kappa shape index (κ1) is 13.8. The minimum Gasteiger partial charge on any atom is -0.320 e. The van der Waals surface area contributed by atoms with Gasteiger partial charge >= 0.3 is 0 Å². The van der Waals surface area contributed by atoms with Gasteiger partial charge in [0.15, 0.2) is 0 Å². The topological polar surface area (TPSA) is 26.0 Å². The molecule has 0 amide bonds. The normalized spacial score (nSPS) is 13.3. The zero-order valence-electron chi connectivity index (χ0n) is 12.3. The van der Waals surface area contributed by atoms with Crippen molar-refractivity contribution in [3.8, 4) is 0 Å². The second kappa shape index (κ2) is 5.18. The minimum absolute atomic E-state index is 0.0599. The SMILES string of the molecule is Cc1cccc(C(N)c2ccccc2C(C)(C)C)c1. The van der Waals surface area contributed by atoms with Crippen LogP contribution in [-0.4, -0.2) is 0 Å². The summed E-state index contributed by atoms with van der Waals surface area (Å²) in [6, 6.07) is 16.9. The molecule has 1 atom stereocenters. The van der Waals surface area contributed by atoms with E-state index in [1.54, 1.807) is 0 Å². The molecule has 1 unspecified atom stereocenters. The Morgan fingerprint density at radius 3 is 2.26 bits per heavy atom. The average molecular weight is 253 g/mol. The Morgan fingerprint density at radius 1 is 0.947 bits per heavy atom. The van der Waals surface area contributed by atoms with Crippen molar-refractivity contribution in [1.29, 1.82) is 0 Å². The molecule has 19 heavy (non-hydrogen) atoms. The zero-order valence-corrected chi connectivity index (χ0v) is 12.3. The summed E-state index contributed by atoms with van der Waals surface area (Å²) < 4.78 is 0. The molecular formula is C18H23N. The summed E-state index contributed by atoms with van der Waals surface area (Å²) in [5.41, 5.74) is 11.6. The first-order valence-electron chi connectivity index (χ1n) is 6.81. The maximum Gasteiger partial charge on any atom is 0.0554 e. The van der Waals surface area contributed by atoms with Crippen molar-refractivity contribution in [2.45, 2.75) is 39.2 Å². The van der Waals surface area contributed by atoms with Gasteiger partial charge in [-0.25, -0.2) is 0 Å². The lowest BCUT2D eigenvalue weighted by Crippen LogP contribution is -2.20. The van der Waals surface area contributed by atoms with Crippen molar-refractivity contribution in [2.24, 2.45) is 5.73 Å². The average Bonchev–Trinajstić information content (AvgIpc) is 2.37. The fourth-order valence-electron chi connectivity index (χ4n) is 2.49. The van der Waals surface area contributed by atoms with E-state index in [1.165, 1.54) is 22.3 Å². The second-order valence-corrected chi connectivity index (χ2v) is 6.23. The van der Waals surface area contributed by atoms with E-state index in [-0.39, 0.29) is 11.5 Å². The van der Waals surface area contributed by atoms with Gasteiger partial charge in [0.1, 0.15) is 0 Å². The smallest absolute Gasteiger partial charge is 0.0554 e. The monoisotopic (exact) mass is 253 g/mol. The van der Waals surface area contributed by atoms with Crippen LogP contribution in [0.1, 0.15) is 49.1 Å². The summed E-state index contributed by atoms with van der Waals surface area (Å²) in [4.78, 5) is 0. The summed E-state index contributed by atoms with van der Waals surface area (Å²) in [6.07, 6.45) is 0. The molecule has 100 valence electrons. The van der Waals surface area contributed by atoms with Crippen LogP contribution in [0.2, 0.25) is 0 Å². The Bertz CT molecular complexity index is 564. The largest absolute Gasteiger partial charge is 0.320 e. The molecule has 2 aromatic carbocycles. The van der Waals surface area contributed by atoms with E-state index in [9.17, 15) is 0 Å². The van der Waals surface area contributed by atoms with E-state index in [0.717, 1.165) is 0 Å². The summed E-state index contributed by atoms with van der Waals surface area (Å²) >= 11 is 0. The van der Waals surface area contributed by atoms with Crippen molar-refractivity contribution >= 4 is 0 Å². The number of nitrogens with two attached hydrogens (primary N) is 1. The molecule has 0 heterocycles. The van der Waals surface area contributed by atoms with Crippen molar-refractivity contribution < 1.29 is 0 Å². The molecule has 2 aromatic rings. The predicted molar refractivity (Wildman–Crippen MR) is 82.4 cm³/mol. The fourth-order valence-corrected chi connectivity index (χ4v) is 2.49. The highest BCUT2D eigenvalue weighted by Crippen LogP contribution is 2.31. The Labute approximate surface area is 116 Å². The summed E-state index contributed by atoms with van der Waals surface area (Å²) in [6.45, 7) is 8.80. The van der Waals surface area contributed by atoms with Crippen LogP contribution < -0.4 is 5.73 Å². The third kappa shape index (κ3) is 3.05. The summed E-state index contributed by atoms with van der Waals surface area (Å²) in [5.74, 6) is 0. The molecule has 2 rings (SSSR count). The molecule has 0 bridgehead atoms. The molecule has 0 aromatic heterocycles. The van der Waals surface area contributed by atoms with Gasteiger partial charge in [-0.15, -0.1) is 0 Å². The number of rotatable bonds is 2. The highest BCUT2D eigenvalue weighted by atomic mass is 14.6. The lowest BCUT2D eigenvalue weighted by Gasteiger charge is -2.26. The van der Waals surface area contributed by atoms with E-state index in [1.807, 2.05) is 0 Å². The van der Waals surface area contributed by atoms with Gasteiger partial charge in [-0.05, 0) is 29.0 Å². The van der Waals surface area contributed by atoms with Crippen LogP contribution in [0.4, 0.5) is 0 Å². The third-order valence-electron chi connectivity index (χ3n) is 3.51. The maximum absolute atomic E-state index is 6.48. The van der Waals surface area contributed by atoms with Gasteiger partial charge in [-0.1, -0.05) is 74.9 Å². The Hall–Kier alpha value is -1.60. The molecule has 0 saturated carbocycles. The van der Waals surface area contributed by atoms with Crippen LogP contribution in [0.3, 0.4) is 0 Å². The van der Waals surface area contributed by atoms with E-state index in [4.69, 9.17) is 5.73 Å². The van der Waals surface area contributed by atoms with Gasteiger partial charge in [0.25, 0.3) is 0 Å². The summed E-state index contributed by atoms with van der Waals surface area (Å²) in [5, 5.41) is 0. The lowest BCUT2D eigenvalue weighted by molar-refractivity contribution is 0.578. The molecule has 0 radical (unpaired) electrons. The number of hydrogen-bond donors (Lipinski definition) is 1. The van der Waals surface area contributed by atoms with Gasteiger partial charge in [0.05, 0.1) is 6.04 Å². The van der Waals surface area contributed by atoms with Crippen molar-refractivity contribution in [1.82, 2.24) is 0 Å². The van der Waals surface area contributed by atoms with Crippen molar-refractivity contribution in [2.75, 3.05) is 0 Å². The number of aryl methyl sites for hydroxylation is 1. The molecular weight excluding hydrogens is 230 g/mol. The van der Waals surface area contributed by atoms with E-state index in [2.05, 4.69) is 76.2 Å². The Balaban J connectivity index is 2.48. The maximum atomic E-state index is 6.48. The fraction of sp³-hybridized carbons (Fsp3) is 0.333. The highest BCUT2D eigenvalue weighted by Gasteiger charge is 2.21. The quantitative estimate of drug-likeness (QED) is 0.846.